The lowest BCUT2D eigenvalue weighted by molar-refractivity contribution is 0.475. The molecule has 6 heteroatoms. The average Bonchev–Trinajstić information content (AvgIpc) is 2.36. The topological polar surface area (TPSA) is 32.3 Å². The molecule has 0 heterocycles. The monoisotopic (exact) mass is 335 g/mol. The highest BCUT2D eigenvalue weighted by atomic mass is 35.5. The normalized spacial score (nSPS) is 10.5. The first-order valence-corrected chi connectivity index (χ1v) is 6.84. The zero-order valence-corrected chi connectivity index (χ0v) is 12.6. The molecule has 2 rings (SSSR count). The lowest BCUT2D eigenvalue weighted by Gasteiger charge is -2.10. The summed E-state index contributed by atoms with van der Waals surface area (Å²) in [5, 5.41) is 14.1. The van der Waals surface area contributed by atoms with E-state index in [4.69, 9.17) is 46.4 Å². The SMILES string of the molecule is Oc1ccc(CNc2cc(Cl)c(Cl)cc2Cl)cc1Cl. The van der Waals surface area contributed by atoms with Gasteiger partial charge in [0.2, 0.25) is 0 Å². The van der Waals surface area contributed by atoms with Crippen LogP contribution in [0.4, 0.5) is 5.69 Å². The molecule has 2 N–H and O–H groups in total. The zero-order valence-electron chi connectivity index (χ0n) is 9.55. The van der Waals surface area contributed by atoms with E-state index in [0.717, 1.165) is 5.56 Å². The van der Waals surface area contributed by atoms with Crippen molar-refractivity contribution in [1.29, 1.82) is 0 Å². The molecule has 0 radical (unpaired) electrons. The number of halogens is 4. The van der Waals surface area contributed by atoms with Gasteiger partial charge < -0.3 is 10.4 Å². The van der Waals surface area contributed by atoms with E-state index in [1.165, 1.54) is 6.07 Å². The summed E-state index contributed by atoms with van der Waals surface area (Å²) in [7, 11) is 0. The van der Waals surface area contributed by atoms with Gasteiger partial charge in [0.25, 0.3) is 0 Å². The van der Waals surface area contributed by atoms with Crippen molar-refractivity contribution >= 4 is 52.1 Å². The molecule has 0 aliphatic heterocycles. The van der Waals surface area contributed by atoms with Crippen LogP contribution in [0.15, 0.2) is 30.3 Å². The molecule has 0 atom stereocenters. The number of hydrogen-bond donors (Lipinski definition) is 2. The molecule has 2 aromatic rings. The molecule has 0 unspecified atom stereocenters. The predicted molar refractivity (Wildman–Crippen MR) is 81.9 cm³/mol. The molecule has 0 aromatic heterocycles. The van der Waals surface area contributed by atoms with Gasteiger partial charge in [-0.3, -0.25) is 0 Å². The quantitative estimate of drug-likeness (QED) is 0.713. The van der Waals surface area contributed by atoms with E-state index in [9.17, 15) is 5.11 Å². The molecule has 0 fully saturated rings. The number of benzene rings is 2. The number of nitrogens with one attached hydrogen (secondary N) is 1. The van der Waals surface area contributed by atoms with Crippen molar-refractivity contribution in [2.24, 2.45) is 0 Å². The third-order valence-corrected chi connectivity index (χ3v) is 3.84. The number of phenolic OH excluding ortho intramolecular Hbond substituents is 1. The lowest BCUT2D eigenvalue weighted by atomic mass is 10.2. The summed E-state index contributed by atoms with van der Waals surface area (Å²) in [6.07, 6.45) is 0. The van der Waals surface area contributed by atoms with Crippen LogP contribution >= 0.6 is 46.4 Å². The molecule has 0 aliphatic rings. The molecule has 0 saturated carbocycles. The molecule has 0 aliphatic carbocycles. The molecule has 19 heavy (non-hydrogen) atoms. The Morgan fingerprint density at radius 1 is 0.842 bits per heavy atom. The molecular formula is C13H9Cl4NO. The van der Waals surface area contributed by atoms with Crippen LogP contribution in [-0.4, -0.2) is 5.11 Å². The van der Waals surface area contributed by atoms with E-state index in [1.807, 2.05) is 0 Å². The van der Waals surface area contributed by atoms with Crippen LogP contribution in [0.5, 0.6) is 5.75 Å². The van der Waals surface area contributed by atoms with Gasteiger partial charge in [0, 0.05) is 6.54 Å². The number of phenols is 1. The van der Waals surface area contributed by atoms with Crippen LogP contribution in [-0.2, 0) is 6.54 Å². The maximum atomic E-state index is 9.33. The van der Waals surface area contributed by atoms with Crippen LogP contribution < -0.4 is 5.32 Å². The van der Waals surface area contributed by atoms with Gasteiger partial charge in [-0.15, -0.1) is 0 Å². The molecule has 2 nitrogen and oxygen atoms in total. The maximum Gasteiger partial charge on any atom is 0.134 e. The van der Waals surface area contributed by atoms with E-state index in [1.54, 1.807) is 24.3 Å². The standard InChI is InChI=1S/C13H9Cl4NO/c14-8-4-10(16)12(5-9(8)15)18-6-7-1-2-13(19)11(17)3-7/h1-5,18-19H,6H2. The van der Waals surface area contributed by atoms with Crippen LogP contribution in [0.1, 0.15) is 5.56 Å². The second kappa shape index (κ2) is 6.10. The van der Waals surface area contributed by atoms with Gasteiger partial charge in [-0.2, -0.15) is 0 Å². The minimum absolute atomic E-state index is 0.0537. The van der Waals surface area contributed by atoms with Crippen LogP contribution in [0.25, 0.3) is 0 Å². The molecule has 0 saturated heterocycles. The Labute approximate surface area is 130 Å². The first kappa shape index (κ1) is 14.6. The fourth-order valence-corrected chi connectivity index (χ4v) is 2.33. The molecular weight excluding hydrogens is 328 g/mol. The predicted octanol–water partition coefficient (Wildman–Crippen LogP) is 5.62. The molecule has 100 valence electrons. The van der Waals surface area contributed by atoms with Gasteiger partial charge in [0.05, 0.1) is 25.8 Å². The molecule has 0 bridgehead atoms. The number of aromatic hydroxyl groups is 1. The maximum absolute atomic E-state index is 9.33. The summed E-state index contributed by atoms with van der Waals surface area (Å²) in [4.78, 5) is 0. The summed E-state index contributed by atoms with van der Waals surface area (Å²) < 4.78 is 0. The number of anilines is 1. The number of hydrogen-bond acceptors (Lipinski definition) is 2. The lowest BCUT2D eigenvalue weighted by Crippen LogP contribution is -2.00. The molecule has 2 aromatic carbocycles. The Kier molecular flexibility index (Phi) is 4.69. The molecule has 0 amide bonds. The Hall–Kier alpha value is -0.800. The van der Waals surface area contributed by atoms with Gasteiger partial charge in [-0.1, -0.05) is 52.5 Å². The van der Waals surface area contributed by atoms with Gasteiger partial charge in [-0.25, -0.2) is 0 Å². The third kappa shape index (κ3) is 3.61. The second-order valence-electron chi connectivity index (χ2n) is 3.89. The van der Waals surface area contributed by atoms with Gasteiger partial charge in [0.1, 0.15) is 5.75 Å². The number of rotatable bonds is 3. The highest BCUT2D eigenvalue weighted by Crippen LogP contribution is 2.32. The van der Waals surface area contributed by atoms with Crippen LogP contribution in [0, 0.1) is 0 Å². The van der Waals surface area contributed by atoms with E-state index < -0.39 is 0 Å². The first-order valence-electron chi connectivity index (χ1n) is 5.33. The minimum Gasteiger partial charge on any atom is -0.506 e. The van der Waals surface area contributed by atoms with Gasteiger partial charge >= 0.3 is 0 Å². The Morgan fingerprint density at radius 3 is 2.21 bits per heavy atom. The highest BCUT2D eigenvalue weighted by molar-refractivity contribution is 6.44. The Morgan fingerprint density at radius 2 is 1.53 bits per heavy atom. The van der Waals surface area contributed by atoms with Crippen molar-refractivity contribution in [3.05, 3.63) is 56.0 Å². The first-order chi connectivity index (χ1) is 8.97. The van der Waals surface area contributed by atoms with Crippen molar-refractivity contribution in [2.45, 2.75) is 6.54 Å². The second-order valence-corrected chi connectivity index (χ2v) is 5.51. The van der Waals surface area contributed by atoms with Crippen molar-refractivity contribution in [1.82, 2.24) is 0 Å². The average molecular weight is 337 g/mol. The van der Waals surface area contributed by atoms with Crippen molar-refractivity contribution in [3.8, 4) is 5.75 Å². The van der Waals surface area contributed by atoms with Crippen molar-refractivity contribution in [2.75, 3.05) is 5.32 Å². The largest absolute Gasteiger partial charge is 0.506 e. The Bertz CT molecular complexity index is 616. The smallest absolute Gasteiger partial charge is 0.134 e. The summed E-state index contributed by atoms with van der Waals surface area (Å²) in [6.45, 7) is 0.498. The van der Waals surface area contributed by atoms with E-state index in [-0.39, 0.29) is 5.75 Å². The van der Waals surface area contributed by atoms with E-state index in [2.05, 4.69) is 5.32 Å². The van der Waals surface area contributed by atoms with E-state index >= 15 is 0 Å². The van der Waals surface area contributed by atoms with Gasteiger partial charge in [-0.05, 0) is 29.8 Å². The van der Waals surface area contributed by atoms with E-state index in [0.29, 0.717) is 32.3 Å². The zero-order chi connectivity index (χ0) is 14.0. The van der Waals surface area contributed by atoms with Gasteiger partial charge in [0.15, 0.2) is 0 Å². The van der Waals surface area contributed by atoms with Crippen LogP contribution in [0.2, 0.25) is 20.1 Å². The fraction of sp³-hybridized carbons (Fsp3) is 0.0769. The summed E-state index contributed by atoms with van der Waals surface area (Å²) in [5.74, 6) is 0.0537. The summed E-state index contributed by atoms with van der Waals surface area (Å²) in [5.41, 5.74) is 1.59. The minimum atomic E-state index is 0.0537. The fourth-order valence-electron chi connectivity index (χ4n) is 1.52. The summed E-state index contributed by atoms with van der Waals surface area (Å²) in [6, 6.07) is 8.22. The van der Waals surface area contributed by atoms with Crippen molar-refractivity contribution < 1.29 is 5.11 Å². The molecule has 0 spiro atoms. The Balaban J connectivity index is 2.14. The summed E-state index contributed by atoms with van der Waals surface area (Å²) >= 11 is 23.7. The van der Waals surface area contributed by atoms with Crippen LogP contribution in [0.3, 0.4) is 0 Å². The van der Waals surface area contributed by atoms with Crippen molar-refractivity contribution in [3.63, 3.8) is 0 Å². The third-order valence-electron chi connectivity index (χ3n) is 2.51. The highest BCUT2D eigenvalue weighted by Gasteiger charge is 2.06.